The molecule has 2 N–H and O–H groups in total. The summed E-state index contributed by atoms with van der Waals surface area (Å²) in [4.78, 5) is 11.3. The van der Waals surface area contributed by atoms with Crippen molar-refractivity contribution in [2.75, 3.05) is 13.2 Å². The van der Waals surface area contributed by atoms with Gasteiger partial charge in [-0.15, -0.1) is 0 Å². The molecule has 0 spiro atoms. The molecule has 0 aromatic rings. The van der Waals surface area contributed by atoms with Crippen molar-refractivity contribution in [3.8, 4) is 0 Å². The maximum atomic E-state index is 11.4. The Morgan fingerprint density at radius 1 is 1.21 bits per heavy atom. The van der Waals surface area contributed by atoms with Crippen LogP contribution in [0.2, 0.25) is 0 Å². The van der Waals surface area contributed by atoms with Crippen molar-refractivity contribution in [1.82, 2.24) is 0 Å². The van der Waals surface area contributed by atoms with Crippen molar-refractivity contribution in [2.24, 2.45) is 39.5 Å². The van der Waals surface area contributed by atoms with Crippen molar-refractivity contribution in [3.05, 3.63) is 16.9 Å². The van der Waals surface area contributed by atoms with Gasteiger partial charge in [0.15, 0.2) is 6.72 Å². The van der Waals surface area contributed by atoms with Gasteiger partial charge < -0.3 is 15.4 Å². The normalized spacial score (nSPS) is 43.5. The minimum Gasteiger partial charge on any atom is -0.400 e. The zero-order valence-corrected chi connectivity index (χ0v) is 17.4. The summed E-state index contributed by atoms with van der Waals surface area (Å²) >= 11 is 0. The summed E-state index contributed by atoms with van der Waals surface area (Å²) in [7, 11) is 0. The van der Waals surface area contributed by atoms with E-state index in [1.807, 2.05) is 0 Å². The number of hydrogen-bond acceptors (Lipinski definition) is 5. The molecule has 6 nitrogen and oxygen atoms in total. The predicted molar refractivity (Wildman–Crippen MR) is 110 cm³/mol. The smallest absolute Gasteiger partial charge is 0.198 e. The van der Waals surface area contributed by atoms with Gasteiger partial charge in [-0.3, -0.25) is 5.21 Å². The maximum absolute atomic E-state index is 11.4. The van der Waals surface area contributed by atoms with Crippen LogP contribution in [-0.2, 0) is 9.68 Å². The molecule has 4 aliphatic rings. The van der Waals surface area contributed by atoms with Crippen LogP contribution < -0.4 is 5.73 Å². The maximum Gasteiger partial charge on any atom is 0.198 e. The SMILES string of the molecule is C=[N+]([O-])O[C@H]1CCC2C3CCC4=CC(=NOCCN)CC[C@]4(C)C3CC[C@@]21C. The van der Waals surface area contributed by atoms with Gasteiger partial charge in [0.1, 0.15) is 6.61 Å². The highest BCUT2D eigenvalue weighted by molar-refractivity contribution is 5.96. The van der Waals surface area contributed by atoms with Crippen LogP contribution in [0, 0.1) is 33.8 Å². The Morgan fingerprint density at radius 2 is 2.04 bits per heavy atom. The summed E-state index contributed by atoms with van der Waals surface area (Å²) in [5.41, 5.74) is 8.50. The molecule has 0 aromatic carbocycles. The average molecular weight is 390 g/mol. The Kier molecular flexibility index (Phi) is 5.19. The minimum atomic E-state index is 0.0166. The third kappa shape index (κ3) is 3.14. The van der Waals surface area contributed by atoms with Crippen molar-refractivity contribution < 1.29 is 14.6 Å². The standard InChI is InChI=1S/C22H35N3O3/c1-21-10-8-16(24-27-13-12-23)14-15(21)4-5-17-18-6-7-20(28-25(3)26)22(18,2)11-9-19(17)21/h14,17-20H,3-13,23H2,1-2H3/t17?,18?,19?,20-,21-,22-/m0/s1. The predicted octanol–water partition coefficient (Wildman–Crippen LogP) is 3.79. The largest absolute Gasteiger partial charge is 0.400 e. The van der Waals surface area contributed by atoms with Crippen LogP contribution in [-0.4, -0.2) is 36.6 Å². The molecule has 6 atom stereocenters. The Hall–Kier alpha value is -1.56. The zero-order chi connectivity index (χ0) is 19.9. The molecule has 0 bridgehead atoms. The van der Waals surface area contributed by atoms with E-state index in [1.54, 1.807) is 5.57 Å². The summed E-state index contributed by atoms with van der Waals surface area (Å²) in [6, 6.07) is 0. The van der Waals surface area contributed by atoms with Gasteiger partial charge in [-0.05, 0) is 86.0 Å². The summed E-state index contributed by atoms with van der Waals surface area (Å²) in [5, 5.41) is 15.7. The minimum absolute atomic E-state index is 0.0166. The molecule has 0 aromatic heterocycles. The van der Waals surface area contributed by atoms with Gasteiger partial charge in [-0.25, -0.2) is 0 Å². The second kappa shape index (κ2) is 7.36. The van der Waals surface area contributed by atoms with E-state index in [2.05, 4.69) is 31.8 Å². The number of hydrogen-bond donors (Lipinski definition) is 1. The second-order valence-corrected chi connectivity index (χ2v) is 9.76. The van der Waals surface area contributed by atoms with Crippen molar-refractivity contribution in [1.29, 1.82) is 0 Å². The molecule has 4 rings (SSSR count). The van der Waals surface area contributed by atoms with E-state index in [-0.39, 0.29) is 16.9 Å². The van der Waals surface area contributed by atoms with Crippen molar-refractivity contribution in [3.63, 3.8) is 0 Å². The van der Waals surface area contributed by atoms with Gasteiger partial charge >= 0.3 is 0 Å². The molecule has 0 aliphatic heterocycles. The molecule has 0 amide bonds. The van der Waals surface area contributed by atoms with Gasteiger partial charge in [0.25, 0.3) is 0 Å². The van der Waals surface area contributed by atoms with Crippen LogP contribution in [0.15, 0.2) is 16.8 Å². The van der Waals surface area contributed by atoms with E-state index in [9.17, 15) is 5.21 Å². The summed E-state index contributed by atoms with van der Waals surface area (Å²) in [6.45, 7) is 9.18. The highest BCUT2D eigenvalue weighted by Crippen LogP contribution is 2.65. The van der Waals surface area contributed by atoms with Gasteiger partial charge in [0.2, 0.25) is 0 Å². The lowest BCUT2D eigenvalue weighted by Crippen LogP contribution is -2.51. The third-order valence-corrected chi connectivity index (χ3v) is 8.53. The highest BCUT2D eigenvalue weighted by Gasteiger charge is 2.59. The van der Waals surface area contributed by atoms with Crippen LogP contribution in [0.3, 0.4) is 0 Å². The number of allylic oxidation sites excluding steroid dienone is 2. The highest BCUT2D eigenvalue weighted by atomic mass is 16.9. The quantitative estimate of drug-likeness (QED) is 0.336. The van der Waals surface area contributed by atoms with E-state index in [4.69, 9.17) is 15.4 Å². The van der Waals surface area contributed by atoms with E-state index in [0.717, 1.165) is 49.7 Å². The molecule has 4 aliphatic carbocycles. The first kappa shape index (κ1) is 19.7. The fourth-order valence-corrected chi connectivity index (χ4v) is 7.09. The van der Waals surface area contributed by atoms with Crippen LogP contribution in [0.1, 0.15) is 65.2 Å². The first-order valence-electron chi connectivity index (χ1n) is 10.9. The summed E-state index contributed by atoms with van der Waals surface area (Å²) in [6.07, 6.45) is 11.4. The third-order valence-electron chi connectivity index (χ3n) is 8.53. The van der Waals surface area contributed by atoms with Gasteiger partial charge in [0, 0.05) is 11.4 Å². The Morgan fingerprint density at radius 3 is 2.79 bits per heavy atom. The molecule has 3 unspecified atom stereocenters. The molecular weight excluding hydrogens is 354 g/mol. The number of rotatable bonds is 5. The lowest BCUT2D eigenvalue weighted by Gasteiger charge is -2.58. The van der Waals surface area contributed by atoms with E-state index < -0.39 is 0 Å². The second-order valence-electron chi connectivity index (χ2n) is 9.76. The average Bonchev–Trinajstić information content (AvgIpc) is 2.98. The Balaban J connectivity index is 1.54. The van der Waals surface area contributed by atoms with E-state index in [0.29, 0.717) is 24.0 Å². The fraction of sp³-hybridized carbons (Fsp3) is 0.818. The number of oxime groups is 1. The molecule has 6 heteroatoms. The topological polar surface area (TPSA) is 82.9 Å². The number of nitrogens with zero attached hydrogens (tertiary/aromatic N) is 2. The van der Waals surface area contributed by atoms with Gasteiger partial charge in [0.05, 0.1) is 11.8 Å². The molecule has 3 fully saturated rings. The number of fused-ring (bicyclic) bond motifs is 5. The summed E-state index contributed by atoms with van der Waals surface area (Å²) in [5.74, 6) is 2.10. The van der Waals surface area contributed by atoms with E-state index in [1.165, 1.54) is 19.3 Å². The molecule has 0 radical (unpaired) electrons. The van der Waals surface area contributed by atoms with E-state index >= 15 is 0 Å². The lowest BCUT2D eigenvalue weighted by molar-refractivity contribution is -0.751. The fourth-order valence-electron chi connectivity index (χ4n) is 7.09. The molecule has 28 heavy (non-hydrogen) atoms. The van der Waals surface area contributed by atoms with Crippen molar-refractivity contribution in [2.45, 2.75) is 71.3 Å². The zero-order valence-electron chi connectivity index (χ0n) is 17.4. The number of nitrogens with two attached hydrogens (primary N) is 1. The Bertz CT molecular complexity index is 691. The molecule has 0 heterocycles. The van der Waals surface area contributed by atoms with Gasteiger partial charge in [-0.2, -0.15) is 0 Å². The molecule has 0 saturated heterocycles. The lowest BCUT2D eigenvalue weighted by atomic mass is 9.47. The van der Waals surface area contributed by atoms with Crippen LogP contribution in [0.4, 0.5) is 0 Å². The first-order chi connectivity index (χ1) is 13.4. The molecule has 3 saturated carbocycles. The molecule has 156 valence electrons. The monoisotopic (exact) mass is 389 g/mol. The Labute approximate surface area is 168 Å². The molecular formula is C22H35N3O3. The van der Waals surface area contributed by atoms with Crippen LogP contribution in [0.25, 0.3) is 0 Å². The van der Waals surface area contributed by atoms with Crippen molar-refractivity contribution >= 4 is 12.4 Å². The van der Waals surface area contributed by atoms with Crippen LogP contribution in [0.5, 0.6) is 0 Å². The summed E-state index contributed by atoms with van der Waals surface area (Å²) < 4.78 is 0. The van der Waals surface area contributed by atoms with Gasteiger partial charge in [-0.1, -0.05) is 24.6 Å². The first-order valence-corrected chi connectivity index (χ1v) is 10.9. The van der Waals surface area contributed by atoms with Crippen LogP contribution >= 0.6 is 0 Å².